The molecule has 0 radical (unpaired) electrons. The zero-order valence-electron chi connectivity index (χ0n) is 9.14. The van der Waals surface area contributed by atoms with E-state index in [1.165, 1.54) is 6.33 Å². The van der Waals surface area contributed by atoms with Gasteiger partial charge in [-0.3, -0.25) is 4.79 Å². The topological polar surface area (TPSA) is 87.1 Å². The van der Waals surface area contributed by atoms with Crippen molar-refractivity contribution in [1.82, 2.24) is 19.9 Å². The first kappa shape index (κ1) is 11.6. The summed E-state index contributed by atoms with van der Waals surface area (Å²) in [5.74, 6) is -0.853. The number of halogens is 3. The van der Waals surface area contributed by atoms with Gasteiger partial charge in [-0.2, -0.15) is 23.3 Å². The molecule has 0 fully saturated rings. The van der Waals surface area contributed by atoms with E-state index in [0.717, 1.165) is 6.33 Å². The number of aromatic amines is 1. The molecule has 10 heteroatoms. The third-order valence-corrected chi connectivity index (χ3v) is 2.51. The van der Waals surface area contributed by atoms with Crippen molar-refractivity contribution in [2.75, 3.05) is 5.01 Å². The fourth-order valence-electron chi connectivity index (χ4n) is 1.67. The van der Waals surface area contributed by atoms with Crippen LogP contribution in [0.5, 0.6) is 0 Å². The van der Waals surface area contributed by atoms with Crippen LogP contribution >= 0.6 is 0 Å². The Morgan fingerprint density at radius 3 is 2.74 bits per heavy atom. The molecule has 98 valence electrons. The van der Waals surface area contributed by atoms with Crippen molar-refractivity contribution in [3.8, 4) is 0 Å². The Morgan fingerprint density at radius 2 is 2.05 bits per heavy atom. The predicted octanol–water partition coefficient (Wildman–Crippen LogP) is 1.01. The van der Waals surface area contributed by atoms with E-state index in [4.69, 9.17) is 0 Å². The summed E-state index contributed by atoms with van der Waals surface area (Å²) in [4.78, 5) is 25.7. The number of nitrogens with one attached hydrogen (secondary N) is 1. The average molecular weight is 270 g/mol. The lowest BCUT2D eigenvalue weighted by molar-refractivity contribution is -0.117. The van der Waals surface area contributed by atoms with Crippen LogP contribution in [0, 0.1) is 0 Å². The van der Waals surface area contributed by atoms with Gasteiger partial charge < -0.3 is 4.98 Å². The maximum absolute atomic E-state index is 12.5. The number of amides is 1. The summed E-state index contributed by atoms with van der Waals surface area (Å²) < 4.78 is 37.5. The van der Waals surface area contributed by atoms with Crippen molar-refractivity contribution in [3.05, 3.63) is 12.7 Å². The summed E-state index contributed by atoms with van der Waals surface area (Å²) >= 11 is 0. The fourth-order valence-corrected chi connectivity index (χ4v) is 1.67. The van der Waals surface area contributed by atoms with Crippen LogP contribution in [-0.4, -0.2) is 37.7 Å². The van der Waals surface area contributed by atoms with E-state index in [0.29, 0.717) is 5.01 Å². The van der Waals surface area contributed by atoms with E-state index in [1.807, 2.05) is 0 Å². The molecule has 0 spiro atoms. The fraction of sp³-hybridized carbons (Fsp3) is 0.222. The van der Waals surface area contributed by atoms with Gasteiger partial charge in [-0.25, -0.2) is 15.0 Å². The first-order chi connectivity index (χ1) is 8.97. The minimum Gasteiger partial charge on any atom is -0.340 e. The highest BCUT2D eigenvalue weighted by Gasteiger charge is 2.43. The number of imidazole rings is 1. The summed E-state index contributed by atoms with van der Waals surface area (Å²) in [5, 5.41) is 3.89. The van der Waals surface area contributed by atoms with Gasteiger partial charge >= 0.3 is 6.18 Å². The molecular weight excluding hydrogens is 265 g/mol. The Kier molecular flexibility index (Phi) is 2.27. The van der Waals surface area contributed by atoms with E-state index < -0.39 is 24.2 Å². The molecule has 2 aromatic heterocycles. The molecule has 3 heterocycles. The standard InChI is InChI=1S/C9H5F3N6O/c10-9(11,12)4-1-5(19)18(17-4)8-6-7(14-2-13-6)15-3-16-8/h2-3H,1H2,(H,13,14,15,16). The molecule has 7 nitrogen and oxygen atoms in total. The second kappa shape index (κ2) is 3.73. The Balaban J connectivity index is 2.10. The number of nitrogens with zero attached hydrogens (tertiary/aromatic N) is 5. The molecule has 1 aliphatic heterocycles. The molecule has 19 heavy (non-hydrogen) atoms. The highest BCUT2D eigenvalue weighted by atomic mass is 19.4. The second-order valence-corrected chi connectivity index (χ2v) is 3.73. The third kappa shape index (κ3) is 1.80. The summed E-state index contributed by atoms with van der Waals surface area (Å²) in [7, 11) is 0. The molecular formula is C9H5F3N6O. The monoisotopic (exact) mass is 270 g/mol. The summed E-state index contributed by atoms with van der Waals surface area (Å²) in [6.07, 6.45) is -3.03. The van der Waals surface area contributed by atoms with Gasteiger partial charge in [-0.15, -0.1) is 0 Å². The van der Waals surface area contributed by atoms with Gasteiger partial charge in [0, 0.05) is 0 Å². The van der Waals surface area contributed by atoms with Crippen molar-refractivity contribution >= 4 is 28.6 Å². The molecule has 0 saturated carbocycles. The lowest BCUT2D eigenvalue weighted by Gasteiger charge is -2.10. The van der Waals surface area contributed by atoms with E-state index in [1.54, 1.807) is 0 Å². The Morgan fingerprint density at radius 1 is 1.26 bits per heavy atom. The Bertz CT molecular complexity index is 691. The number of alkyl halides is 3. The van der Waals surface area contributed by atoms with Crippen LogP contribution in [0.3, 0.4) is 0 Å². The minimum atomic E-state index is -4.63. The van der Waals surface area contributed by atoms with E-state index >= 15 is 0 Å². The Hall–Kier alpha value is -2.52. The number of H-pyrrole nitrogens is 1. The largest absolute Gasteiger partial charge is 0.431 e. The van der Waals surface area contributed by atoms with E-state index in [-0.39, 0.29) is 17.0 Å². The highest BCUT2D eigenvalue weighted by Crippen LogP contribution is 2.29. The number of fused-ring (bicyclic) bond motifs is 1. The molecule has 3 rings (SSSR count). The zero-order valence-corrected chi connectivity index (χ0v) is 9.14. The van der Waals surface area contributed by atoms with Crippen molar-refractivity contribution in [2.45, 2.75) is 12.6 Å². The lowest BCUT2D eigenvalue weighted by Crippen LogP contribution is -2.22. The number of hydrogen-bond donors (Lipinski definition) is 1. The number of hydrogen-bond acceptors (Lipinski definition) is 5. The van der Waals surface area contributed by atoms with Crippen LogP contribution in [0.2, 0.25) is 0 Å². The van der Waals surface area contributed by atoms with Crippen LogP contribution in [0.25, 0.3) is 11.2 Å². The SMILES string of the molecule is O=C1CC(C(F)(F)F)=NN1c1ncnc2nc[nH]c12. The average Bonchev–Trinajstić information content (AvgIpc) is 2.93. The van der Waals surface area contributed by atoms with Crippen molar-refractivity contribution < 1.29 is 18.0 Å². The van der Waals surface area contributed by atoms with E-state index in [9.17, 15) is 18.0 Å². The number of rotatable bonds is 1. The Labute approximate surface area is 103 Å². The number of aromatic nitrogens is 4. The van der Waals surface area contributed by atoms with Gasteiger partial charge in [-0.1, -0.05) is 0 Å². The van der Waals surface area contributed by atoms with Crippen LogP contribution in [0.4, 0.5) is 19.0 Å². The quantitative estimate of drug-likeness (QED) is 0.837. The minimum absolute atomic E-state index is 0.0493. The molecule has 0 atom stereocenters. The third-order valence-electron chi connectivity index (χ3n) is 2.51. The molecule has 0 bridgehead atoms. The molecule has 2 aromatic rings. The maximum atomic E-state index is 12.5. The zero-order chi connectivity index (χ0) is 13.6. The smallest absolute Gasteiger partial charge is 0.340 e. The molecule has 0 aliphatic carbocycles. The normalized spacial score (nSPS) is 16.3. The molecule has 0 saturated heterocycles. The number of carbonyl (C=O) groups is 1. The summed E-state index contributed by atoms with van der Waals surface area (Å²) in [6.45, 7) is 0. The molecule has 1 aliphatic rings. The number of anilines is 1. The molecule has 1 amide bonds. The van der Waals surface area contributed by atoms with Gasteiger partial charge in [0.2, 0.25) is 0 Å². The van der Waals surface area contributed by atoms with E-state index in [2.05, 4.69) is 25.0 Å². The molecule has 0 aromatic carbocycles. The number of carbonyl (C=O) groups excluding carboxylic acids is 1. The van der Waals surface area contributed by atoms with Crippen molar-refractivity contribution in [1.29, 1.82) is 0 Å². The van der Waals surface area contributed by atoms with Gasteiger partial charge in [0.15, 0.2) is 17.2 Å². The summed E-state index contributed by atoms with van der Waals surface area (Å²) in [5.41, 5.74) is -0.653. The highest BCUT2D eigenvalue weighted by molar-refractivity contribution is 6.15. The molecule has 1 N–H and O–H groups in total. The summed E-state index contributed by atoms with van der Waals surface area (Å²) in [6, 6.07) is 0. The van der Waals surface area contributed by atoms with Gasteiger partial charge in [0.25, 0.3) is 5.91 Å². The van der Waals surface area contributed by atoms with Gasteiger partial charge in [0.05, 0.1) is 12.7 Å². The van der Waals surface area contributed by atoms with Crippen LogP contribution in [0.1, 0.15) is 6.42 Å². The van der Waals surface area contributed by atoms with Crippen LogP contribution in [0.15, 0.2) is 17.8 Å². The van der Waals surface area contributed by atoms with Crippen molar-refractivity contribution in [2.24, 2.45) is 5.10 Å². The first-order valence-corrected chi connectivity index (χ1v) is 5.08. The second-order valence-electron chi connectivity index (χ2n) is 3.73. The van der Waals surface area contributed by atoms with Gasteiger partial charge in [-0.05, 0) is 0 Å². The first-order valence-electron chi connectivity index (χ1n) is 5.08. The van der Waals surface area contributed by atoms with Gasteiger partial charge in [0.1, 0.15) is 11.8 Å². The number of hydrazone groups is 1. The predicted molar refractivity (Wildman–Crippen MR) is 57.3 cm³/mol. The molecule has 0 unspecified atom stereocenters. The maximum Gasteiger partial charge on any atom is 0.431 e. The van der Waals surface area contributed by atoms with Crippen LogP contribution < -0.4 is 5.01 Å². The lowest BCUT2D eigenvalue weighted by atomic mass is 10.2. The van der Waals surface area contributed by atoms with Crippen LogP contribution in [-0.2, 0) is 4.79 Å². The van der Waals surface area contributed by atoms with Crippen molar-refractivity contribution in [3.63, 3.8) is 0 Å².